The van der Waals surface area contributed by atoms with Gasteiger partial charge in [-0.15, -0.1) is 0 Å². The molecule has 6 heteroatoms. The number of nitrogens with one attached hydrogen (secondary N) is 1. The highest BCUT2D eigenvalue weighted by molar-refractivity contribution is 5.81. The molecular formula is C12H24N4O2. The molecule has 0 aromatic heterocycles. The van der Waals surface area contributed by atoms with Crippen molar-refractivity contribution in [3.05, 3.63) is 0 Å². The Morgan fingerprint density at radius 1 is 1.44 bits per heavy atom. The lowest BCUT2D eigenvalue weighted by Crippen LogP contribution is -2.51. The molecule has 2 aliphatic heterocycles. The molecule has 2 rings (SSSR count). The first kappa shape index (κ1) is 13.7. The molecule has 18 heavy (non-hydrogen) atoms. The zero-order chi connectivity index (χ0) is 13.0. The number of hydrogen-bond acceptors (Lipinski definition) is 5. The minimum Gasteiger partial charge on any atom is -0.383 e. The predicted octanol–water partition coefficient (Wildman–Crippen LogP) is -0.839. The maximum atomic E-state index is 11.7. The van der Waals surface area contributed by atoms with E-state index in [9.17, 15) is 4.79 Å². The molecule has 3 N–H and O–H groups in total. The number of likely N-dealkylation sites (tertiary alicyclic amines) is 2. The van der Waals surface area contributed by atoms with E-state index in [1.54, 1.807) is 7.11 Å². The van der Waals surface area contributed by atoms with Crippen molar-refractivity contribution in [3.8, 4) is 0 Å². The topological polar surface area (TPSA) is 70.8 Å². The summed E-state index contributed by atoms with van der Waals surface area (Å²) in [5.41, 5.74) is 2.24. The van der Waals surface area contributed by atoms with Gasteiger partial charge in [0.15, 0.2) is 0 Å². The molecule has 0 spiro atoms. The van der Waals surface area contributed by atoms with Crippen LogP contribution in [0.25, 0.3) is 0 Å². The maximum Gasteiger partial charge on any atom is 0.253 e. The summed E-state index contributed by atoms with van der Waals surface area (Å²) >= 11 is 0. The van der Waals surface area contributed by atoms with Crippen molar-refractivity contribution in [2.45, 2.75) is 31.3 Å². The van der Waals surface area contributed by atoms with Crippen molar-refractivity contribution < 1.29 is 9.53 Å². The number of amides is 1. The van der Waals surface area contributed by atoms with E-state index in [4.69, 9.17) is 10.6 Å². The molecule has 0 aromatic rings. The van der Waals surface area contributed by atoms with Crippen LogP contribution < -0.4 is 11.3 Å². The first-order valence-electron chi connectivity index (χ1n) is 6.73. The van der Waals surface area contributed by atoms with Crippen molar-refractivity contribution >= 4 is 5.91 Å². The monoisotopic (exact) mass is 256 g/mol. The first-order valence-corrected chi connectivity index (χ1v) is 6.73. The van der Waals surface area contributed by atoms with Crippen molar-refractivity contribution in [1.29, 1.82) is 0 Å². The Morgan fingerprint density at radius 2 is 2.17 bits per heavy atom. The molecule has 2 aliphatic rings. The van der Waals surface area contributed by atoms with Crippen LogP contribution in [-0.4, -0.2) is 67.7 Å². The molecule has 0 bridgehead atoms. The fourth-order valence-electron chi connectivity index (χ4n) is 3.06. The van der Waals surface area contributed by atoms with Gasteiger partial charge in [0.05, 0.1) is 6.61 Å². The lowest BCUT2D eigenvalue weighted by atomic mass is 10.2. The minimum atomic E-state index is -0.257. The normalized spacial score (nSPS) is 27.6. The quantitative estimate of drug-likeness (QED) is 0.381. The Kier molecular flexibility index (Phi) is 4.94. The van der Waals surface area contributed by atoms with Gasteiger partial charge in [0.2, 0.25) is 0 Å². The number of carbonyl (C=O) groups excluding carboxylic acids is 1. The molecule has 1 amide bonds. The van der Waals surface area contributed by atoms with Crippen LogP contribution in [0, 0.1) is 0 Å². The van der Waals surface area contributed by atoms with Gasteiger partial charge in [0.25, 0.3) is 5.91 Å². The molecule has 2 saturated heterocycles. The summed E-state index contributed by atoms with van der Waals surface area (Å²) in [7, 11) is 1.62. The van der Waals surface area contributed by atoms with Crippen LogP contribution in [0.4, 0.5) is 0 Å². The summed E-state index contributed by atoms with van der Waals surface area (Å²) in [6.45, 7) is 4.70. The van der Waals surface area contributed by atoms with Crippen LogP contribution in [0.3, 0.4) is 0 Å². The second kappa shape index (κ2) is 6.47. The number of methoxy groups -OCH3 is 1. The number of ether oxygens (including phenoxy) is 1. The number of hydrazine groups is 1. The molecule has 2 fully saturated rings. The van der Waals surface area contributed by atoms with E-state index in [0.717, 1.165) is 19.5 Å². The van der Waals surface area contributed by atoms with E-state index >= 15 is 0 Å². The maximum absolute atomic E-state index is 11.7. The van der Waals surface area contributed by atoms with E-state index in [2.05, 4.69) is 15.2 Å². The minimum absolute atomic E-state index is 0.154. The van der Waals surface area contributed by atoms with E-state index in [-0.39, 0.29) is 11.9 Å². The first-order chi connectivity index (χ1) is 8.76. The van der Waals surface area contributed by atoms with Crippen LogP contribution in [0.5, 0.6) is 0 Å². The van der Waals surface area contributed by atoms with Gasteiger partial charge in [-0.3, -0.25) is 20.0 Å². The van der Waals surface area contributed by atoms with Gasteiger partial charge >= 0.3 is 0 Å². The third-order valence-electron chi connectivity index (χ3n) is 4.06. The van der Waals surface area contributed by atoms with Gasteiger partial charge in [-0.25, -0.2) is 5.84 Å². The van der Waals surface area contributed by atoms with Crippen molar-refractivity contribution in [1.82, 2.24) is 15.2 Å². The number of carbonyl (C=O) groups is 1. The Bertz CT molecular complexity index is 281. The molecular weight excluding hydrogens is 232 g/mol. The van der Waals surface area contributed by atoms with Crippen molar-refractivity contribution in [2.75, 3.05) is 39.9 Å². The summed E-state index contributed by atoms with van der Waals surface area (Å²) in [6, 6.07) is 0.338. The van der Waals surface area contributed by atoms with E-state index < -0.39 is 0 Å². The third-order valence-corrected chi connectivity index (χ3v) is 4.06. The van der Waals surface area contributed by atoms with E-state index in [1.807, 2.05) is 0 Å². The SMILES string of the molecule is COCC(C(=O)NN)N1CCC(N2CCCC2)C1. The number of nitrogens with two attached hydrogens (primary N) is 1. The Labute approximate surface area is 108 Å². The molecule has 0 aromatic carbocycles. The van der Waals surface area contributed by atoms with Crippen LogP contribution in [0.15, 0.2) is 0 Å². The third kappa shape index (κ3) is 3.00. The molecule has 0 saturated carbocycles. The van der Waals surface area contributed by atoms with Crippen LogP contribution in [0.1, 0.15) is 19.3 Å². The smallest absolute Gasteiger partial charge is 0.253 e. The summed E-state index contributed by atoms with van der Waals surface area (Å²) in [5, 5.41) is 0. The van der Waals surface area contributed by atoms with Crippen molar-refractivity contribution in [3.63, 3.8) is 0 Å². The summed E-state index contributed by atoms with van der Waals surface area (Å²) in [4.78, 5) is 16.5. The highest BCUT2D eigenvalue weighted by atomic mass is 16.5. The highest BCUT2D eigenvalue weighted by Crippen LogP contribution is 2.22. The van der Waals surface area contributed by atoms with Gasteiger partial charge in [-0.2, -0.15) is 0 Å². The average Bonchev–Trinajstić information content (AvgIpc) is 3.04. The lowest BCUT2D eigenvalue weighted by Gasteiger charge is -2.27. The zero-order valence-corrected chi connectivity index (χ0v) is 11.1. The van der Waals surface area contributed by atoms with Crippen LogP contribution >= 0.6 is 0 Å². The van der Waals surface area contributed by atoms with Gasteiger partial charge < -0.3 is 4.74 Å². The van der Waals surface area contributed by atoms with Crippen LogP contribution in [0.2, 0.25) is 0 Å². The summed E-state index contributed by atoms with van der Waals surface area (Å²) in [5.74, 6) is 5.08. The molecule has 2 heterocycles. The second-order valence-electron chi connectivity index (χ2n) is 5.16. The Hall–Kier alpha value is -0.690. The fraction of sp³-hybridized carbons (Fsp3) is 0.917. The molecule has 104 valence electrons. The molecule has 6 nitrogen and oxygen atoms in total. The predicted molar refractivity (Wildman–Crippen MR) is 68.8 cm³/mol. The Morgan fingerprint density at radius 3 is 2.78 bits per heavy atom. The highest BCUT2D eigenvalue weighted by Gasteiger charge is 2.35. The largest absolute Gasteiger partial charge is 0.383 e. The van der Waals surface area contributed by atoms with E-state index in [0.29, 0.717) is 12.6 Å². The summed E-state index contributed by atoms with van der Waals surface area (Å²) in [6.07, 6.45) is 3.75. The average molecular weight is 256 g/mol. The number of hydrogen-bond donors (Lipinski definition) is 2. The molecule has 2 atom stereocenters. The van der Waals surface area contributed by atoms with Gasteiger partial charge in [0, 0.05) is 26.2 Å². The zero-order valence-electron chi connectivity index (χ0n) is 11.1. The van der Waals surface area contributed by atoms with Crippen LogP contribution in [-0.2, 0) is 9.53 Å². The van der Waals surface area contributed by atoms with Gasteiger partial charge in [0.1, 0.15) is 6.04 Å². The van der Waals surface area contributed by atoms with Gasteiger partial charge in [-0.05, 0) is 32.4 Å². The Balaban J connectivity index is 1.90. The standard InChI is InChI=1S/C12H24N4O2/c1-18-9-11(12(17)14-13)16-7-4-10(8-16)15-5-2-3-6-15/h10-11H,2-9,13H2,1H3,(H,14,17). The second-order valence-corrected chi connectivity index (χ2v) is 5.16. The molecule has 2 unspecified atom stereocenters. The van der Waals surface area contributed by atoms with E-state index in [1.165, 1.54) is 25.9 Å². The molecule has 0 aliphatic carbocycles. The fourth-order valence-corrected chi connectivity index (χ4v) is 3.06. The number of nitrogens with zero attached hydrogens (tertiary/aromatic N) is 2. The lowest BCUT2D eigenvalue weighted by molar-refractivity contribution is -0.128. The van der Waals surface area contributed by atoms with Gasteiger partial charge in [-0.1, -0.05) is 0 Å². The summed E-state index contributed by atoms with van der Waals surface area (Å²) < 4.78 is 5.13. The van der Waals surface area contributed by atoms with Crippen molar-refractivity contribution in [2.24, 2.45) is 5.84 Å². The molecule has 0 radical (unpaired) electrons. The number of rotatable bonds is 5.